The molecule has 0 amide bonds. The molecule has 1 aromatic rings. The van der Waals surface area contributed by atoms with Gasteiger partial charge in [-0.3, -0.25) is 0 Å². The van der Waals surface area contributed by atoms with Crippen LogP contribution in [0.2, 0.25) is 0 Å². The van der Waals surface area contributed by atoms with Gasteiger partial charge in [-0.25, -0.2) is 4.39 Å². The highest BCUT2D eigenvalue weighted by Crippen LogP contribution is 2.13. The highest BCUT2D eigenvalue weighted by molar-refractivity contribution is 7.79. The Bertz CT molecular complexity index is 303. The Labute approximate surface area is 69.9 Å². The van der Waals surface area contributed by atoms with E-state index in [0.29, 0.717) is 11.3 Å². The standard InChI is InChI=1S/C8H6FNS/c9-8-3-1-2-6(5-11)7(8)4-10/h1-3,11H,5H2. The molecule has 0 heterocycles. The maximum Gasteiger partial charge on any atom is 0.141 e. The molecule has 1 aromatic carbocycles. The van der Waals surface area contributed by atoms with Crippen LogP contribution in [0.5, 0.6) is 0 Å². The largest absolute Gasteiger partial charge is 0.206 e. The summed E-state index contributed by atoms with van der Waals surface area (Å²) in [6.07, 6.45) is 0. The number of hydrogen-bond acceptors (Lipinski definition) is 2. The zero-order valence-electron chi connectivity index (χ0n) is 5.71. The molecule has 0 unspecified atom stereocenters. The topological polar surface area (TPSA) is 23.8 Å². The predicted molar refractivity (Wildman–Crippen MR) is 43.8 cm³/mol. The van der Waals surface area contributed by atoms with Gasteiger partial charge in [-0.15, -0.1) is 0 Å². The van der Waals surface area contributed by atoms with Crippen LogP contribution in [-0.4, -0.2) is 0 Å². The molecule has 0 aliphatic heterocycles. The third kappa shape index (κ3) is 1.52. The van der Waals surface area contributed by atoms with Gasteiger partial charge < -0.3 is 0 Å². The smallest absolute Gasteiger partial charge is 0.141 e. The Morgan fingerprint density at radius 1 is 1.55 bits per heavy atom. The second kappa shape index (κ2) is 3.40. The molecule has 0 N–H and O–H groups in total. The molecule has 0 atom stereocenters. The van der Waals surface area contributed by atoms with Crippen LogP contribution >= 0.6 is 12.6 Å². The Hall–Kier alpha value is -1.01. The van der Waals surface area contributed by atoms with Gasteiger partial charge in [-0.05, 0) is 11.6 Å². The summed E-state index contributed by atoms with van der Waals surface area (Å²) in [7, 11) is 0. The second-order valence-corrected chi connectivity index (χ2v) is 2.36. The van der Waals surface area contributed by atoms with Crippen molar-refractivity contribution in [2.45, 2.75) is 5.75 Å². The van der Waals surface area contributed by atoms with Gasteiger partial charge in [-0.1, -0.05) is 12.1 Å². The summed E-state index contributed by atoms with van der Waals surface area (Å²) in [5, 5.41) is 8.51. The zero-order chi connectivity index (χ0) is 8.27. The Morgan fingerprint density at radius 3 is 2.73 bits per heavy atom. The van der Waals surface area contributed by atoms with Gasteiger partial charge in [0.2, 0.25) is 0 Å². The number of nitrogens with zero attached hydrogens (tertiary/aromatic N) is 1. The van der Waals surface area contributed by atoms with Crippen molar-refractivity contribution in [3.8, 4) is 6.07 Å². The molecule has 0 radical (unpaired) electrons. The summed E-state index contributed by atoms with van der Waals surface area (Å²) >= 11 is 3.96. The third-order valence-electron chi connectivity index (χ3n) is 1.38. The Balaban J connectivity index is 3.27. The number of benzene rings is 1. The number of nitriles is 1. The maximum atomic E-state index is 12.8. The van der Waals surface area contributed by atoms with Crippen LogP contribution in [0, 0.1) is 17.1 Å². The summed E-state index contributed by atoms with van der Waals surface area (Å²) in [4.78, 5) is 0. The first-order chi connectivity index (χ1) is 5.29. The van der Waals surface area contributed by atoms with Gasteiger partial charge in [0.25, 0.3) is 0 Å². The van der Waals surface area contributed by atoms with Crippen LogP contribution in [-0.2, 0) is 5.75 Å². The number of hydrogen-bond donors (Lipinski definition) is 1. The molecule has 0 saturated heterocycles. The van der Waals surface area contributed by atoms with Crippen LogP contribution in [0.4, 0.5) is 4.39 Å². The maximum absolute atomic E-state index is 12.8. The lowest BCUT2D eigenvalue weighted by Crippen LogP contribution is -1.89. The fourth-order valence-electron chi connectivity index (χ4n) is 0.826. The van der Waals surface area contributed by atoms with Crippen LogP contribution < -0.4 is 0 Å². The zero-order valence-corrected chi connectivity index (χ0v) is 6.61. The lowest BCUT2D eigenvalue weighted by Gasteiger charge is -1.98. The van der Waals surface area contributed by atoms with Crippen molar-refractivity contribution < 1.29 is 4.39 Å². The van der Waals surface area contributed by atoms with Crippen molar-refractivity contribution in [3.05, 3.63) is 35.1 Å². The highest BCUT2D eigenvalue weighted by atomic mass is 32.1. The fourth-order valence-corrected chi connectivity index (χ4v) is 1.09. The molecule has 1 nitrogen and oxygen atoms in total. The van der Waals surface area contributed by atoms with E-state index in [9.17, 15) is 4.39 Å². The quantitative estimate of drug-likeness (QED) is 0.636. The third-order valence-corrected chi connectivity index (χ3v) is 1.72. The van der Waals surface area contributed by atoms with E-state index < -0.39 is 5.82 Å². The molecule has 0 bridgehead atoms. The minimum absolute atomic E-state index is 0.0995. The minimum atomic E-state index is -0.473. The van der Waals surface area contributed by atoms with E-state index in [2.05, 4.69) is 12.6 Å². The first-order valence-corrected chi connectivity index (χ1v) is 3.71. The van der Waals surface area contributed by atoms with Gasteiger partial charge in [-0.2, -0.15) is 17.9 Å². The molecule has 0 aliphatic rings. The summed E-state index contributed by atoms with van der Waals surface area (Å²) in [6, 6.07) is 6.32. The average molecular weight is 167 g/mol. The lowest BCUT2D eigenvalue weighted by atomic mass is 10.1. The number of halogens is 1. The molecule has 1 rings (SSSR count). The van der Waals surface area contributed by atoms with Crippen molar-refractivity contribution in [1.29, 1.82) is 5.26 Å². The molecular formula is C8H6FNS. The van der Waals surface area contributed by atoms with Crippen LogP contribution in [0.3, 0.4) is 0 Å². The van der Waals surface area contributed by atoms with Crippen molar-refractivity contribution in [1.82, 2.24) is 0 Å². The van der Waals surface area contributed by atoms with Crippen LogP contribution in [0.15, 0.2) is 18.2 Å². The molecule has 3 heteroatoms. The monoisotopic (exact) mass is 167 g/mol. The van der Waals surface area contributed by atoms with Crippen LogP contribution in [0.25, 0.3) is 0 Å². The lowest BCUT2D eigenvalue weighted by molar-refractivity contribution is 0.622. The van der Waals surface area contributed by atoms with E-state index in [1.165, 1.54) is 6.07 Å². The number of thiol groups is 1. The number of rotatable bonds is 1. The van der Waals surface area contributed by atoms with E-state index in [4.69, 9.17) is 5.26 Å². The molecular weight excluding hydrogens is 161 g/mol. The Kier molecular flexibility index (Phi) is 2.50. The van der Waals surface area contributed by atoms with E-state index in [1.807, 2.05) is 0 Å². The summed E-state index contributed by atoms with van der Waals surface area (Å²) in [6.45, 7) is 0. The van der Waals surface area contributed by atoms with E-state index >= 15 is 0 Å². The molecule has 0 aliphatic carbocycles. The summed E-state index contributed by atoms with van der Waals surface area (Å²) in [5.41, 5.74) is 0.735. The van der Waals surface area contributed by atoms with E-state index in [0.717, 1.165) is 0 Å². The first-order valence-electron chi connectivity index (χ1n) is 3.08. The van der Waals surface area contributed by atoms with Gasteiger partial charge in [0.1, 0.15) is 11.9 Å². The Morgan fingerprint density at radius 2 is 2.27 bits per heavy atom. The molecule has 56 valence electrons. The van der Waals surface area contributed by atoms with E-state index in [-0.39, 0.29) is 5.56 Å². The SMILES string of the molecule is N#Cc1c(F)cccc1CS. The van der Waals surface area contributed by atoms with Crippen LogP contribution in [0.1, 0.15) is 11.1 Å². The fraction of sp³-hybridized carbons (Fsp3) is 0.125. The molecule has 0 aromatic heterocycles. The molecule has 0 spiro atoms. The average Bonchev–Trinajstić information content (AvgIpc) is 2.04. The molecule has 0 saturated carbocycles. The summed E-state index contributed by atoms with van der Waals surface area (Å²) < 4.78 is 12.8. The van der Waals surface area contributed by atoms with Crippen molar-refractivity contribution in [2.24, 2.45) is 0 Å². The van der Waals surface area contributed by atoms with Crippen molar-refractivity contribution in [3.63, 3.8) is 0 Å². The second-order valence-electron chi connectivity index (χ2n) is 2.04. The van der Waals surface area contributed by atoms with Crippen molar-refractivity contribution in [2.75, 3.05) is 0 Å². The van der Waals surface area contributed by atoms with Gasteiger partial charge >= 0.3 is 0 Å². The predicted octanol–water partition coefficient (Wildman–Crippen LogP) is 2.13. The highest BCUT2D eigenvalue weighted by Gasteiger charge is 2.04. The van der Waals surface area contributed by atoms with Gasteiger partial charge in [0.15, 0.2) is 0 Å². The van der Waals surface area contributed by atoms with Gasteiger partial charge in [0, 0.05) is 5.75 Å². The normalized spacial score (nSPS) is 9.18. The van der Waals surface area contributed by atoms with Crippen molar-refractivity contribution >= 4 is 12.6 Å². The van der Waals surface area contributed by atoms with Gasteiger partial charge in [0.05, 0.1) is 5.56 Å². The minimum Gasteiger partial charge on any atom is -0.206 e. The van der Waals surface area contributed by atoms with E-state index in [1.54, 1.807) is 18.2 Å². The first kappa shape index (κ1) is 8.09. The molecule has 0 fully saturated rings. The molecule has 11 heavy (non-hydrogen) atoms. The summed E-state index contributed by atoms with van der Waals surface area (Å²) in [5.74, 6) is -0.0836.